The van der Waals surface area contributed by atoms with Crippen molar-refractivity contribution in [2.24, 2.45) is 11.8 Å². The van der Waals surface area contributed by atoms with Crippen molar-refractivity contribution in [3.05, 3.63) is 136 Å². The van der Waals surface area contributed by atoms with E-state index in [0.29, 0.717) is 53.3 Å². The van der Waals surface area contributed by atoms with Crippen LogP contribution in [0.3, 0.4) is 0 Å². The Morgan fingerprint density at radius 1 is 0.819 bits per heavy atom. The number of halogens is 5. The minimum atomic E-state index is -5.08. The Labute approximate surface area is 489 Å². The van der Waals surface area contributed by atoms with E-state index >= 15 is 4.79 Å². The fourth-order valence-electron chi connectivity index (χ4n) is 10.1. The zero-order chi connectivity index (χ0) is 60.1. The van der Waals surface area contributed by atoms with Gasteiger partial charge in [0.05, 0.1) is 43.4 Å². The molecule has 6 atom stereocenters. The largest absolute Gasteiger partial charge is 0.490 e. The number of nitrogens with zero attached hydrogens (tertiary/aromatic N) is 6. The molecule has 4 N–H and O–H groups in total. The molecule has 2 fully saturated rings. The Bertz CT molecular complexity index is 3090. The van der Waals surface area contributed by atoms with E-state index in [0.717, 1.165) is 41.2 Å². The Hall–Kier alpha value is -7.53. The normalized spacial score (nSPS) is 21.5. The monoisotopic (exact) mass is 1190 g/mol. The number of likely N-dealkylation sites (N-methyl/N-ethyl adjacent to an activating group) is 2. The van der Waals surface area contributed by atoms with Crippen LogP contribution in [0.5, 0.6) is 11.5 Å². The van der Waals surface area contributed by atoms with Crippen LogP contribution in [0.15, 0.2) is 103 Å². The van der Waals surface area contributed by atoms with E-state index in [-0.39, 0.29) is 69.0 Å². The van der Waals surface area contributed by atoms with Gasteiger partial charge in [-0.25, -0.2) is 9.78 Å². The molecule has 444 valence electrons. The second-order valence-corrected chi connectivity index (χ2v) is 21.8. The number of fused-ring (bicyclic) bond motifs is 1. The van der Waals surface area contributed by atoms with Crippen molar-refractivity contribution >= 4 is 64.6 Å². The highest BCUT2D eigenvalue weighted by Gasteiger charge is 2.39. The summed E-state index contributed by atoms with van der Waals surface area (Å²) >= 11 is 12.8. The van der Waals surface area contributed by atoms with Crippen LogP contribution in [0.1, 0.15) is 55.6 Å². The van der Waals surface area contributed by atoms with Crippen molar-refractivity contribution in [1.29, 1.82) is 0 Å². The van der Waals surface area contributed by atoms with Crippen molar-refractivity contribution in [2.45, 2.75) is 95.9 Å². The summed E-state index contributed by atoms with van der Waals surface area (Å²) in [6, 6.07) is 25.5. The van der Waals surface area contributed by atoms with Gasteiger partial charge in [-0.3, -0.25) is 28.8 Å². The summed E-state index contributed by atoms with van der Waals surface area (Å²) < 4.78 is 45.9. The highest BCUT2D eigenvalue weighted by atomic mass is 35.5. The highest BCUT2D eigenvalue weighted by Crippen LogP contribution is 2.33. The van der Waals surface area contributed by atoms with Gasteiger partial charge < -0.3 is 54.7 Å². The van der Waals surface area contributed by atoms with Gasteiger partial charge in [0.2, 0.25) is 35.4 Å². The summed E-state index contributed by atoms with van der Waals surface area (Å²) in [5.41, 5.74) is 4.01. The van der Waals surface area contributed by atoms with Crippen molar-refractivity contribution < 1.29 is 61.3 Å². The number of hydrogen-bond donors (Lipinski definition) is 4. The van der Waals surface area contributed by atoms with Gasteiger partial charge in [-0.1, -0.05) is 71.7 Å². The number of aromatic nitrogens is 2. The third kappa shape index (κ3) is 16.8. The number of carbonyl (C=O) groups is 7. The first-order chi connectivity index (χ1) is 39.5. The number of rotatable bonds is 12. The zero-order valence-electron chi connectivity index (χ0n) is 46.7. The summed E-state index contributed by atoms with van der Waals surface area (Å²) in [7, 11) is 4.65. The molecule has 3 aliphatic heterocycles. The standard InChI is InChI=1S/C57H67Cl2N9O8.C2HF3O2/c1-36-30-62-52(69)29-46(26-39-11-16-44(58)17-12-39)65(4)57(74)48(35-75-5)63-54(71)37(2)68(53(70)27-43(55(72)64(36)3)25-38-9-7-6-8-10-38)33-42-13-18-45(59)28-50(42)76-47-19-14-40(15-20-47)49-32-61-51-34-66(23-24-67(49)51)56(73)41-21-22-60-31-41;3-2(4,5)1(6)7/h6-20,28,32,36-37,41,43,46,48,60H,21-27,29-31,33-35H2,1-5H3,(H,62,69)(H,63,71);(H,6,7)/t36-,37-,41?,43+,46-,48-;/m0./s1. The molecule has 0 aliphatic carbocycles. The Morgan fingerprint density at radius 2 is 1.49 bits per heavy atom. The number of carboxylic acids is 1. The molecule has 24 heteroatoms. The molecule has 5 aromatic rings. The van der Waals surface area contributed by atoms with Gasteiger partial charge in [0, 0.05) is 93.5 Å². The van der Waals surface area contributed by atoms with E-state index in [9.17, 15) is 37.1 Å². The van der Waals surface area contributed by atoms with Crippen molar-refractivity contribution in [3.63, 3.8) is 0 Å². The van der Waals surface area contributed by atoms with Gasteiger partial charge in [-0.05, 0) is 99.3 Å². The van der Waals surface area contributed by atoms with Crippen LogP contribution in [0.4, 0.5) is 13.2 Å². The number of carboxylic acid groups (broad SMARTS) is 1. The molecule has 0 bridgehead atoms. The second kappa shape index (κ2) is 28.6. The molecule has 1 unspecified atom stereocenters. The van der Waals surface area contributed by atoms with E-state index < -0.39 is 60.0 Å². The third-order valence-corrected chi connectivity index (χ3v) is 15.6. The number of benzene rings is 4. The fourth-order valence-corrected chi connectivity index (χ4v) is 10.4. The van der Waals surface area contributed by atoms with E-state index in [1.807, 2.05) is 84.8 Å². The number of ether oxygens (including phenoxy) is 2. The molecule has 0 radical (unpaired) electrons. The fraction of sp³-hybridized carbons (Fsp3) is 0.424. The third-order valence-electron chi connectivity index (χ3n) is 15.1. The van der Waals surface area contributed by atoms with Gasteiger partial charge in [-0.2, -0.15) is 13.2 Å². The van der Waals surface area contributed by atoms with Crippen molar-refractivity contribution in [3.8, 4) is 22.8 Å². The van der Waals surface area contributed by atoms with E-state index in [1.54, 1.807) is 56.3 Å². The highest BCUT2D eigenvalue weighted by molar-refractivity contribution is 6.31. The lowest BCUT2D eigenvalue weighted by Crippen LogP contribution is -2.57. The van der Waals surface area contributed by atoms with Crippen molar-refractivity contribution in [1.82, 2.24) is 45.1 Å². The maximum Gasteiger partial charge on any atom is 0.490 e. The minimum Gasteiger partial charge on any atom is -0.475 e. The summed E-state index contributed by atoms with van der Waals surface area (Å²) in [5.74, 6) is -4.13. The summed E-state index contributed by atoms with van der Waals surface area (Å²) in [5, 5.41) is 17.1. The average molecular weight is 1190 g/mol. The number of hydrogen-bond acceptors (Lipinski definition) is 11. The van der Waals surface area contributed by atoms with Gasteiger partial charge in [0.15, 0.2) is 0 Å². The predicted octanol–water partition coefficient (Wildman–Crippen LogP) is 6.77. The molecule has 0 spiro atoms. The zero-order valence-corrected chi connectivity index (χ0v) is 48.2. The maximum absolute atomic E-state index is 15.1. The van der Waals surface area contributed by atoms with Crippen LogP contribution in [-0.4, -0.2) is 160 Å². The molecule has 4 aromatic carbocycles. The van der Waals surface area contributed by atoms with Gasteiger partial charge >= 0.3 is 12.1 Å². The molecular weight excluding hydrogens is 1120 g/mol. The van der Waals surface area contributed by atoms with E-state index in [4.69, 9.17) is 47.6 Å². The van der Waals surface area contributed by atoms with E-state index in [1.165, 1.54) is 16.9 Å². The number of alkyl halides is 3. The van der Waals surface area contributed by atoms with Crippen LogP contribution in [0.25, 0.3) is 11.3 Å². The van der Waals surface area contributed by atoms with Gasteiger partial charge in [0.1, 0.15) is 29.4 Å². The molecule has 3 aliphatic rings. The molecule has 83 heavy (non-hydrogen) atoms. The predicted molar refractivity (Wildman–Crippen MR) is 303 cm³/mol. The molecule has 8 rings (SSSR count). The number of carbonyl (C=O) groups excluding carboxylic acids is 6. The molecule has 0 saturated carbocycles. The first kappa shape index (κ1) is 63.1. The molecular formula is C59H68Cl2F3N9O10. The molecule has 19 nitrogen and oxygen atoms in total. The summed E-state index contributed by atoms with van der Waals surface area (Å²) in [6.45, 7) is 6.38. The molecule has 1 aromatic heterocycles. The molecule has 6 amide bonds. The number of nitrogens with one attached hydrogen (secondary N) is 3. The lowest BCUT2D eigenvalue weighted by Gasteiger charge is -2.35. The van der Waals surface area contributed by atoms with Crippen LogP contribution in [0.2, 0.25) is 10.0 Å². The Balaban J connectivity index is 0.00000133. The first-order valence-corrected chi connectivity index (χ1v) is 27.8. The van der Waals surface area contributed by atoms with Gasteiger partial charge in [-0.15, -0.1) is 0 Å². The van der Waals surface area contributed by atoms with Crippen molar-refractivity contribution in [2.75, 3.05) is 54.0 Å². The number of amides is 6. The Kier molecular flexibility index (Phi) is 21.8. The lowest BCUT2D eigenvalue weighted by atomic mass is 9.93. The molecule has 2 saturated heterocycles. The minimum absolute atomic E-state index is 0.0000885. The smallest absolute Gasteiger partial charge is 0.475 e. The quantitative estimate of drug-likeness (QED) is 0.102. The molecule has 4 heterocycles. The van der Waals surface area contributed by atoms with Gasteiger partial charge in [0.25, 0.3) is 0 Å². The van der Waals surface area contributed by atoms with Crippen LogP contribution < -0.4 is 20.7 Å². The van der Waals surface area contributed by atoms with Crippen LogP contribution >= 0.6 is 23.2 Å². The second-order valence-electron chi connectivity index (χ2n) is 20.9. The topological polar surface area (TPSA) is 225 Å². The number of aliphatic carboxylic acids is 1. The average Bonchev–Trinajstić information content (AvgIpc) is 4.26. The Morgan fingerprint density at radius 3 is 2.14 bits per heavy atom. The van der Waals surface area contributed by atoms with Crippen LogP contribution in [-0.2, 0) is 70.8 Å². The first-order valence-electron chi connectivity index (χ1n) is 27.1. The summed E-state index contributed by atoms with van der Waals surface area (Å²) in [4.78, 5) is 106. The summed E-state index contributed by atoms with van der Waals surface area (Å²) in [6.07, 6.45) is -2.26. The maximum atomic E-state index is 15.1. The van der Waals surface area contributed by atoms with E-state index in [2.05, 4.69) is 20.5 Å². The number of methoxy groups -OCH3 is 1. The van der Waals surface area contributed by atoms with Crippen LogP contribution in [0, 0.1) is 11.8 Å². The lowest BCUT2D eigenvalue weighted by molar-refractivity contribution is -0.192. The SMILES string of the molecule is COC[C@@H]1NC(=O)[C@H](C)N(Cc2ccc(Cl)cc2Oc2ccc(-c3cnc4n3CCN(C(=O)C3CCNC3)C4)cc2)C(=O)C[C@@H](Cc2ccccc2)C(=O)N(C)[C@@H](C)CNC(=O)C[C@H](Cc2ccc(Cl)cc2)N(C)C1=O.O=C(O)C(F)(F)F. The number of imidazole rings is 1.